The van der Waals surface area contributed by atoms with Gasteiger partial charge in [0, 0.05) is 23.6 Å². The van der Waals surface area contributed by atoms with Gasteiger partial charge in [-0.25, -0.2) is 0 Å². The number of hydrogen-bond donors (Lipinski definition) is 1. The summed E-state index contributed by atoms with van der Waals surface area (Å²) in [5.74, 6) is 0.700. The molecule has 2 heterocycles. The molecule has 1 aliphatic rings. The first-order valence-corrected chi connectivity index (χ1v) is 11.0. The van der Waals surface area contributed by atoms with E-state index in [-0.39, 0.29) is 11.2 Å². The molecule has 1 aliphatic heterocycles. The summed E-state index contributed by atoms with van der Waals surface area (Å²) in [7, 11) is 1.95. The number of ether oxygens (including phenoxy) is 1. The lowest BCUT2D eigenvalue weighted by molar-refractivity contribution is 0.157. The van der Waals surface area contributed by atoms with Crippen molar-refractivity contribution < 1.29 is 9.84 Å². The second-order valence-electron chi connectivity index (χ2n) is 9.12. The fraction of sp³-hybridized carbons (Fsp3) is 0.250. The second kappa shape index (κ2) is 7.27. The number of benzene rings is 3. The van der Waals surface area contributed by atoms with Gasteiger partial charge in [0.2, 0.25) is 5.43 Å². The Labute approximate surface area is 187 Å². The summed E-state index contributed by atoms with van der Waals surface area (Å²) in [6.45, 7) is 7.79. The molecule has 32 heavy (non-hydrogen) atoms. The highest BCUT2D eigenvalue weighted by Gasteiger charge is 2.30. The van der Waals surface area contributed by atoms with Crippen LogP contribution in [0.25, 0.3) is 38.7 Å². The van der Waals surface area contributed by atoms with Crippen LogP contribution in [-0.4, -0.2) is 15.3 Å². The molecule has 0 saturated heterocycles. The minimum Gasteiger partial charge on any atom is -0.507 e. The minimum atomic E-state index is -0.494. The first kappa shape index (κ1) is 20.4. The zero-order valence-electron chi connectivity index (χ0n) is 18.7. The van der Waals surface area contributed by atoms with E-state index in [2.05, 4.69) is 6.58 Å². The number of hydrogen-bond acceptors (Lipinski definition) is 3. The zero-order valence-corrected chi connectivity index (χ0v) is 18.7. The van der Waals surface area contributed by atoms with Gasteiger partial charge < -0.3 is 14.4 Å². The molecular formula is C28H27NO3. The first-order chi connectivity index (χ1) is 15.3. The SMILES string of the molecule is C=CCCCc1c2c(c3c(c1O)c(=O)c1cc4ccccc4cc1n3C)C=CC(C)(C)O2. The van der Waals surface area contributed by atoms with E-state index in [4.69, 9.17) is 4.74 Å². The number of nitrogens with zero attached hydrogens (tertiary/aromatic N) is 1. The normalized spacial score (nSPS) is 14.6. The van der Waals surface area contributed by atoms with Crippen molar-refractivity contribution in [3.63, 3.8) is 0 Å². The topological polar surface area (TPSA) is 51.5 Å². The molecule has 0 amide bonds. The van der Waals surface area contributed by atoms with E-state index < -0.39 is 5.60 Å². The Balaban J connectivity index is 1.94. The molecule has 0 spiro atoms. The van der Waals surface area contributed by atoms with Crippen molar-refractivity contribution >= 4 is 38.7 Å². The Morgan fingerprint density at radius 2 is 1.91 bits per heavy atom. The zero-order chi connectivity index (χ0) is 22.6. The molecule has 0 aliphatic carbocycles. The molecule has 0 fully saturated rings. The van der Waals surface area contributed by atoms with Gasteiger partial charge in [-0.2, -0.15) is 0 Å². The van der Waals surface area contributed by atoms with Crippen LogP contribution in [0.2, 0.25) is 0 Å². The van der Waals surface area contributed by atoms with Crippen molar-refractivity contribution in [1.82, 2.24) is 4.57 Å². The highest BCUT2D eigenvalue weighted by molar-refractivity contribution is 6.06. The fourth-order valence-corrected chi connectivity index (χ4v) is 4.79. The summed E-state index contributed by atoms with van der Waals surface area (Å²) < 4.78 is 8.37. The van der Waals surface area contributed by atoms with Crippen LogP contribution >= 0.6 is 0 Å². The lowest BCUT2D eigenvalue weighted by atomic mass is 9.92. The fourth-order valence-electron chi connectivity index (χ4n) is 4.79. The molecule has 4 heteroatoms. The van der Waals surface area contributed by atoms with Crippen molar-refractivity contribution in [1.29, 1.82) is 0 Å². The molecule has 0 radical (unpaired) electrons. The summed E-state index contributed by atoms with van der Waals surface area (Å²) in [6, 6.07) is 12.0. The third-order valence-electron chi connectivity index (χ3n) is 6.42. The number of aromatic nitrogens is 1. The van der Waals surface area contributed by atoms with E-state index in [1.54, 1.807) is 0 Å². The van der Waals surface area contributed by atoms with Gasteiger partial charge >= 0.3 is 0 Å². The van der Waals surface area contributed by atoms with Crippen LogP contribution < -0.4 is 10.2 Å². The number of aryl methyl sites for hydroxylation is 1. The summed E-state index contributed by atoms with van der Waals surface area (Å²) in [4.78, 5) is 13.7. The maximum Gasteiger partial charge on any atom is 0.201 e. The Morgan fingerprint density at radius 3 is 2.62 bits per heavy atom. The Kier molecular flexibility index (Phi) is 4.63. The Hall–Kier alpha value is -3.53. The second-order valence-corrected chi connectivity index (χ2v) is 9.12. The van der Waals surface area contributed by atoms with Crippen LogP contribution in [0.1, 0.15) is 37.8 Å². The van der Waals surface area contributed by atoms with Crippen LogP contribution in [-0.2, 0) is 13.5 Å². The highest BCUT2D eigenvalue weighted by atomic mass is 16.5. The molecule has 4 aromatic rings. The third-order valence-corrected chi connectivity index (χ3v) is 6.42. The largest absolute Gasteiger partial charge is 0.507 e. The number of aromatic hydroxyl groups is 1. The smallest absolute Gasteiger partial charge is 0.201 e. The predicted octanol–water partition coefficient (Wildman–Crippen LogP) is 6.24. The Morgan fingerprint density at radius 1 is 1.19 bits per heavy atom. The molecule has 5 rings (SSSR count). The van der Waals surface area contributed by atoms with E-state index in [1.807, 2.05) is 80.1 Å². The van der Waals surface area contributed by atoms with Crippen molar-refractivity contribution in [3.8, 4) is 11.5 Å². The standard InChI is InChI=1S/C28H27NO3/c1-5-6-7-12-20-25(30)23-24(19-13-14-28(2,3)32-27(19)20)29(4)22-16-18-11-9-8-10-17(18)15-21(22)26(23)31/h5,8-11,13-16,30H,1,6-7,12H2,2-4H3. The van der Waals surface area contributed by atoms with Gasteiger partial charge in [-0.15, -0.1) is 6.58 Å². The Bertz CT molecular complexity index is 1510. The van der Waals surface area contributed by atoms with Crippen molar-refractivity contribution in [2.75, 3.05) is 0 Å². The average molecular weight is 426 g/mol. The summed E-state index contributed by atoms with van der Waals surface area (Å²) in [5, 5.41) is 14.4. The molecule has 3 aromatic carbocycles. The molecule has 4 nitrogen and oxygen atoms in total. The van der Waals surface area contributed by atoms with Gasteiger partial charge in [-0.05, 0) is 68.2 Å². The van der Waals surface area contributed by atoms with Gasteiger partial charge in [0.05, 0.1) is 16.4 Å². The molecule has 162 valence electrons. The van der Waals surface area contributed by atoms with Gasteiger partial charge in [0.15, 0.2) is 0 Å². The number of unbranched alkanes of at least 4 members (excludes halogenated alkanes) is 1. The lowest BCUT2D eigenvalue weighted by Crippen LogP contribution is -2.29. The van der Waals surface area contributed by atoms with Crippen LogP contribution in [0.3, 0.4) is 0 Å². The van der Waals surface area contributed by atoms with Crippen molar-refractivity contribution in [3.05, 3.63) is 76.5 Å². The van der Waals surface area contributed by atoms with E-state index >= 15 is 0 Å². The maximum atomic E-state index is 13.7. The van der Waals surface area contributed by atoms with E-state index in [9.17, 15) is 9.90 Å². The molecule has 0 atom stereocenters. The number of allylic oxidation sites excluding steroid dienone is 1. The molecule has 0 bridgehead atoms. The number of phenols is 1. The lowest BCUT2D eigenvalue weighted by Gasteiger charge is -2.31. The van der Waals surface area contributed by atoms with Crippen LogP contribution in [0.4, 0.5) is 0 Å². The third kappa shape index (κ3) is 3.01. The van der Waals surface area contributed by atoms with Gasteiger partial charge in [0.1, 0.15) is 17.1 Å². The molecule has 0 unspecified atom stereocenters. The summed E-state index contributed by atoms with van der Waals surface area (Å²) >= 11 is 0. The quantitative estimate of drug-likeness (QED) is 0.239. The minimum absolute atomic E-state index is 0.0320. The average Bonchev–Trinajstić information content (AvgIpc) is 2.77. The van der Waals surface area contributed by atoms with Gasteiger partial charge in [-0.3, -0.25) is 4.79 Å². The number of rotatable bonds is 4. The number of fused-ring (bicyclic) bond motifs is 5. The van der Waals surface area contributed by atoms with Crippen LogP contribution in [0.5, 0.6) is 11.5 Å². The van der Waals surface area contributed by atoms with Crippen molar-refractivity contribution in [2.24, 2.45) is 7.05 Å². The first-order valence-electron chi connectivity index (χ1n) is 11.0. The number of pyridine rings is 1. The molecule has 1 N–H and O–H groups in total. The molecule has 1 aromatic heterocycles. The molecular weight excluding hydrogens is 398 g/mol. The van der Waals surface area contributed by atoms with Crippen LogP contribution in [0, 0.1) is 0 Å². The van der Waals surface area contributed by atoms with Crippen LogP contribution in [0.15, 0.2) is 59.9 Å². The summed E-state index contributed by atoms with van der Waals surface area (Å²) in [5.41, 5.74) is 2.43. The highest BCUT2D eigenvalue weighted by Crippen LogP contribution is 2.45. The number of phenolic OH excluding ortho intramolecular Hbond substituents is 1. The van der Waals surface area contributed by atoms with Crippen molar-refractivity contribution in [2.45, 2.75) is 38.7 Å². The van der Waals surface area contributed by atoms with E-state index in [0.717, 1.165) is 34.7 Å². The maximum absolute atomic E-state index is 13.7. The van der Waals surface area contributed by atoms with Gasteiger partial charge in [-0.1, -0.05) is 30.3 Å². The van der Waals surface area contributed by atoms with Gasteiger partial charge in [0.25, 0.3) is 0 Å². The monoisotopic (exact) mass is 425 g/mol. The van der Waals surface area contributed by atoms with E-state index in [1.165, 1.54) is 0 Å². The summed E-state index contributed by atoms with van der Waals surface area (Å²) in [6.07, 6.45) is 8.17. The van der Waals surface area contributed by atoms with E-state index in [0.29, 0.717) is 34.0 Å². The molecule has 0 saturated carbocycles. The predicted molar refractivity (Wildman–Crippen MR) is 133 cm³/mol.